The third-order valence-electron chi connectivity index (χ3n) is 4.21. The molecule has 0 aromatic heterocycles. The molecule has 0 saturated carbocycles. The van der Waals surface area contributed by atoms with Crippen molar-refractivity contribution in [3.05, 3.63) is 35.9 Å². The van der Waals surface area contributed by atoms with Crippen LogP contribution in [0.25, 0.3) is 0 Å². The molecule has 2 heterocycles. The van der Waals surface area contributed by atoms with E-state index in [2.05, 4.69) is 30.3 Å². The Bertz CT molecular complexity index is 427. The zero-order valence-corrected chi connectivity index (χ0v) is 11.8. The van der Waals surface area contributed by atoms with Crippen LogP contribution in [-0.2, 0) is 20.7 Å². The summed E-state index contributed by atoms with van der Waals surface area (Å²) < 4.78 is 11.3. The zero-order valence-electron chi connectivity index (χ0n) is 11.8. The molecular formula is C17H22O3. The van der Waals surface area contributed by atoms with Crippen LogP contribution in [0.2, 0.25) is 0 Å². The summed E-state index contributed by atoms with van der Waals surface area (Å²) in [5.41, 5.74) is 1.41. The summed E-state index contributed by atoms with van der Waals surface area (Å²) in [4.78, 5) is 11.3. The molecule has 3 rings (SSSR count). The Labute approximate surface area is 120 Å². The molecule has 2 aliphatic heterocycles. The zero-order chi connectivity index (χ0) is 13.8. The third kappa shape index (κ3) is 3.60. The van der Waals surface area contributed by atoms with E-state index < -0.39 is 0 Å². The van der Waals surface area contributed by atoms with Crippen LogP contribution in [0.5, 0.6) is 0 Å². The maximum Gasteiger partial charge on any atom is 0.308 e. The molecule has 0 aliphatic carbocycles. The molecule has 0 spiro atoms. The van der Waals surface area contributed by atoms with Crippen molar-refractivity contribution in [2.75, 3.05) is 0 Å². The van der Waals surface area contributed by atoms with Gasteiger partial charge in [0.2, 0.25) is 0 Å². The average Bonchev–Trinajstić information content (AvgIpc) is 2.43. The number of hydrogen-bond donors (Lipinski definition) is 0. The smallest absolute Gasteiger partial charge is 0.308 e. The van der Waals surface area contributed by atoms with Crippen molar-refractivity contribution in [2.45, 2.75) is 63.3 Å². The molecule has 1 aromatic rings. The highest BCUT2D eigenvalue weighted by molar-refractivity contribution is 5.71. The molecule has 3 atom stereocenters. The van der Waals surface area contributed by atoms with Gasteiger partial charge in [0.1, 0.15) is 6.10 Å². The van der Waals surface area contributed by atoms with Crippen molar-refractivity contribution < 1.29 is 14.3 Å². The summed E-state index contributed by atoms with van der Waals surface area (Å²) >= 11 is 0. The lowest BCUT2D eigenvalue weighted by Crippen LogP contribution is -2.43. The quantitative estimate of drug-likeness (QED) is 0.610. The van der Waals surface area contributed by atoms with Crippen LogP contribution >= 0.6 is 0 Å². The van der Waals surface area contributed by atoms with Gasteiger partial charge in [-0.3, -0.25) is 4.79 Å². The number of aryl methyl sites for hydroxylation is 1. The van der Waals surface area contributed by atoms with Crippen LogP contribution in [0, 0.1) is 0 Å². The lowest BCUT2D eigenvalue weighted by atomic mass is 9.93. The summed E-state index contributed by atoms with van der Waals surface area (Å²) in [7, 11) is 0. The molecule has 0 radical (unpaired) electrons. The normalized spacial score (nSPS) is 29.0. The fourth-order valence-electron chi connectivity index (χ4n) is 3.25. The number of carbonyl (C=O) groups is 1. The number of fused-ring (bicyclic) bond motifs is 2. The Morgan fingerprint density at radius 3 is 2.70 bits per heavy atom. The monoisotopic (exact) mass is 274 g/mol. The van der Waals surface area contributed by atoms with E-state index in [0.29, 0.717) is 6.42 Å². The lowest BCUT2D eigenvalue weighted by molar-refractivity contribution is -0.184. The van der Waals surface area contributed by atoms with E-state index in [0.717, 1.165) is 25.7 Å². The first-order valence-corrected chi connectivity index (χ1v) is 7.68. The van der Waals surface area contributed by atoms with Crippen LogP contribution in [0.3, 0.4) is 0 Å². The van der Waals surface area contributed by atoms with E-state index in [-0.39, 0.29) is 24.3 Å². The predicted molar refractivity (Wildman–Crippen MR) is 76.4 cm³/mol. The molecule has 2 bridgehead atoms. The molecule has 2 fully saturated rings. The van der Waals surface area contributed by atoms with Gasteiger partial charge in [0.05, 0.1) is 18.6 Å². The Kier molecular flexibility index (Phi) is 4.36. The second-order valence-electron chi connectivity index (χ2n) is 5.90. The predicted octanol–water partition coefficient (Wildman–Crippen LogP) is 3.26. The van der Waals surface area contributed by atoms with Gasteiger partial charge in [0, 0.05) is 12.8 Å². The Morgan fingerprint density at radius 1 is 1.05 bits per heavy atom. The average molecular weight is 274 g/mol. The number of unbranched alkanes of at least 4 members (excludes halogenated alkanes) is 1. The molecule has 3 nitrogen and oxygen atoms in total. The van der Waals surface area contributed by atoms with Crippen molar-refractivity contribution in [3.63, 3.8) is 0 Å². The van der Waals surface area contributed by atoms with Gasteiger partial charge in [0.25, 0.3) is 0 Å². The minimum Gasteiger partial charge on any atom is -0.462 e. The summed E-state index contributed by atoms with van der Waals surface area (Å²) in [6, 6.07) is 10.6. The number of ether oxygens (including phenoxy) is 2. The van der Waals surface area contributed by atoms with Crippen LogP contribution in [0.4, 0.5) is 0 Å². The van der Waals surface area contributed by atoms with Crippen molar-refractivity contribution in [2.24, 2.45) is 0 Å². The van der Waals surface area contributed by atoms with Gasteiger partial charge in [-0.1, -0.05) is 36.8 Å². The Morgan fingerprint density at radius 2 is 1.90 bits per heavy atom. The van der Waals surface area contributed by atoms with Crippen molar-refractivity contribution in [1.82, 2.24) is 0 Å². The van der Waals surface area contributed by atoms with E-state index in [9.17, 15) is 4.79 Å². The van der Waals surface area contributed by atoms with Crippen LogP contribution < -0.4 is 0 Å². The van der Waals surface area contributed by atoms with Gasteiger partial charge in [-0.25, -0.2) is 0 Å². The van der Waals surface area contributed by atoms with Gasteiger partial charge in [-0.15, -0.1) is 0 Å². The number of rotatable bonds is 5. The summed E-state index contributed by atoms with van der Waals surface area (Å²) in [6.45, 7) is 0. The van der Waals surface area contributed by atoms with Gasteiger partial charge in [0.15, 0.2) is 0 Å². The van der Waals surface area contributed by atoms with E-state index in [1.807, 2.05) is 0 Å². The van der Waals surface area contributed by atoms with E-state index in [1.165, 1.54) is 18.4 Å². The minimum absolute atomic E-state index is 0.0891. The molecule has 2 aliphatic rings. The SMILES string of the molecule is O=C1C[C@@H]2C[C@@H](C[C@@H](CCCCc3ccccc3)O2)O1. The first-order valence-electron chi connectivity index (χ1n) is 7.68. The number of esters is 1. The minimum atomic E-state index is -0.0891. The molecule has 3 heteroatoms. The second kappa shape index (κ2) is 6.40. The van der Waals surface area contributed by atoms with Gasteiger partial charge < -0.3 is 9.47 Å². The number of carbonyl (C=O) groups excluding carboxylic acids is 1. The second-order valence-corrected chi connectivity index (χ2v) is 5.90. The molecule has 0 N–H and O–H groups in total. The molecule has 2 saturated heterocycles. The largest absolute Gasteiger partial charge is 0.462 e. The van der Waals surface area contributed by atoms with Crippen LogP contribution in [0.15, 0.2) is 30.3 Å². The fraction of sp³-hybridized carbons (Fsp3) is 0.588. The molecule has 20 heavy (non-hydrogen) atoms. The Hall–Kier alpha value is -1.35. The van der Waals surface area contributed by atoms with E-state index in [1.54, 1.807) is 0 Å². The lowest BCUT2D eigenvalue weighted by Gasteiger charge is -2.38. The van der Waals surface area contributed by atoms with Gasteiger partial charge in [-0.05, 0) is 24.8 Å². The maximum atomic E-state index is 11.3. The van der Waals surface area contributed by atoms with E-state index >= 15 is 0 Å². The summed E-state index contributed by atoms with van der Waals surface area (Å²) in [5, 5.41) is 0. The standard InChI is InChI=1S/C17H22O3/c18-17-12-16-11-15(20-17)10-14(19-16)9-5-4-8-13-6-2-1-3-7-13/h1-3,6-7,14-16H,4-5,8-12H2/t14-,15-,16+/m1/s1. The molecule has 0 amide bonds. The fourth-order valence-corrected chi connectivity index (χ4v) is 3.25. The first kappa shape index (κ1) is 13.6. The van der Waals surface area contributed by atoms with Crippen molar-refractivity contribution >= 4 is 5.97 Å². The topological polar surface area (TPSA) is 35.5 Å². The highest BCUT2D eigenvalue weighted by atomic mass is 16.6. The Balaban J connectivity index is 1.38. The van der Waals surface area contributed by atoms with E-state index in [4.69, 9.17) is 9.47 Å². The van der Waals surface area contributed by atoms with Gasteiger partial charge in [-0.2, -0.15) is 0 Å². The molecular weight excluding hydrogens is 252 g/mol. The number of benzene rings is 1. The van der Waals surface area contributed by atoms with Crippen molar-refractivity contribution in [1.29, 1.82) is 0 Å². The first-order chi connectivity index (χ1) is 9.79. The van der Waals surface area contributed by atoms with Crippen LogP contribution in [-0.4, -0.2) is 24.3 Å². The van der Waals surface area contributed by atoms with Crippen LogP contribution in [0.1, 0.15) is 44.1 Å². The van der Waals surface area contributed by atoms with Crippen molar-refractivity contribution in [3.8, 4) is 0 Å². The summed E-state index contributed by atoms with van der Waals surface area (Å²) in [5.74, 6) is -0.0891. The van der Waals surface area contributed by atoms with Gasteiger partial charge >= 0.3 is 5.97 Å². The highest BCUT2D eigenvalue weighted by Gasteiger charge is 2.36. The summed E-state index contributed by atoms with van der Waals surface area (Å²) in [6.07, 6.45) is 7.29. The molecule has 108 valence electrons. The molecule has 1 aromatic carbocycles. The maximum absolute atomic E-state index is 11.3. The third-order valence-corrected chi connectivity index (χ3v) is 4.21. The number of hydrogen-bond acceptors (Lipinski definition) is 3. The highest BCUT2D eigenvalue weighted by Crippen LogP contribution is 2.31. The molecule has 0 unspecified atom stereocenters.